The smallest absolute Gasteiger partial charge is 0.315 e. The van der Waals surface area contributed by atoms with Crippen LogP contribution in [-0.4, -0.2) is 47.1 Å². The van der Waals surface area contributed by atoms with E-state index in [9.17, 15) is 4.79 Å². The first-order valence-electron chi connectivity index (χ1n) is 6.39. The van der Waals surface area contributed by atoms with Gasteiger partial charge >= 0.3 is 6.03 Å². The van der Waals surface area contributed by atoms with Crippen LogP contribution in [0.25, 0.3) is 0 Å². The lowest BCUT2D eigenvalue weighted by molar-refractivity contribution is 0.179. The van der Waals surface area contributed by atoms with E-state index in [-0.39, 0.29) is 6.61 Å². The zero-order valence-electron chi connectivity index (χ0n) is 12.3. The van der Waals surface area contributed by atoms with Gasteiger partial charge in [0.2, 0.25) is 5.89 Å². The van der Waals surface area contributed by atoms with Gasteiger partial charge in [0.15, 0.2) is 5.82 Å². The van der Waals surface area contributed by atoms with Crippen LogP contribution in [0, 0.1) is 0 Å². The number of hydrogen-bond donors (Lipinski definition) is 3. The van der Waals surface area contributed by atoms with Crippen molar-refractivity contribution in [3.63, 3.8) is 0 Å². The molecule has 0 saturated carbocycles. The number of ether oxygens (including phenoxy) is 1. The number of hydrogen-bond acceptors (Lipinski definition) is 6. The third kappa shape index (κ3) is 5.14. The molecule has 114 valence electrons. The van der Waals surface area contributed by atoms with Crippen LogP contribution in [0.3, 0.4) is 0 Å². The van der Waals surface area contributed by atoms with Crippen molar-refractivity contribution < 1.29 is 19.2 Å². The predicted molar refractivity (Wildman–Crippen MR) is 71.1 cm³/mol. The van der Waals surface area contributed by atoms with E-state index in [1.165, 1.54) is 0 Å². The third-order valence-electron chi connectivity index (χ3n) is 2.58. The average molecular weight is 286 g/mol. The van der Waals surface area contributed by atoms with Crippen LogP contribution >= 0.6 is 0 Å². The minimum absolute atomic E-state index is 0.156. The summed E-state index contributed by atoms with van der Waals surface area (Å²) in [6, 6.07) is -0.832. The van der Waals surface area contributed by atoms with E-state index in [1.807, 2.05) is 0 Å². The van der Waals surface area contributed by atoms with Crippen LogP contribution in [-0.2, 0) is 11.2 Å². The average Bonchev–Trinajstić information content (AvgIpc) is 2.84. The summed E-state index contributed by atoms with van der Waals surface area (Å²) < 4.78 is 9.99. The number of rotatable bonds is 7. The van der Waals surface area contributed by atoms with E-state index >= 15 is 0 Å². The van der Waals surface area contributed by atoms with Gasteiger partial charge in [0.25, 0.3) is 0 Å². The highest BCUT2D eigenvalue weighted by Gasteiger charge is 2.22. The number of nitrogens with zero attached hydrogens (tertiary/aromatic N) is 2. The van der Waals surface area contributed by atoms with Gasteiger partial charge in [-0.15, -0.1) is 0 Å². The minimum atomic E-state index is -0.692. The molecule has 0 aliphatic carbocycles. The van der Waals surface area contributed by atoms with Crippen molar-refractivity contribution in [2.24, 2.45) is 0 Å². The Bertz CT molecular complexity index is 433. The molecule has 0 aliphatic heterocycles. The number of aliphatic hydroxyl groups excluding tert-OH is 1. The molecule has 3 N–H and O–H groups in total. The first kappa shape index (κ1) is 16.4. The molecule has 0 fully saturated rings. The number of amides is 2. The number of aliphatic hydroxyl groups is 1. The second-order valence-corrected chi connectivity index (χ2v) is 5.15. The maximum atomic E-state index is 11.7. The zero-order valence-corrected chi connectivity index (χ0v) is 12.3. The van der Waals surface area contributed by atoms with E-state index in [2.05, 4.69) is 20.8 Å². The quantitative estimate of drug-likeness (QED) is 0.669. The summed E-state index contributed by atoms with van der Waals surface area (Å²) in [5, 5.41) is 18.2. The Morgan fingerprint density at radius 1 is 1.55 bits per heavy atom. The number of aromatic nitrogens is 2. The minimum Gasteiger partial charge on any atom is -0.394 e. The molecule has 20 heavy (non-hydrogen) atoms. The molecule has 0 bridgehead atoms. The molecule has 0 aromatic carbocycles. The van der Waals surface area contributed by atoms with Crippen LogP contribution in [0.5, 0.6) is 0 Å². The molecule has 1 heterocycles. The molecule has 1 atom stereocenters. The van der Waals surface area contributed by atoms with Crippen LogP contribution in [0.4, 0.5) is 4.79 Å². The van der Waals surface area contributed by atoms with Crippen molar-refractivity contribution >= 4 is 6.03 Å². The van der Waals surface area contributed by atoms with Crippen molar-refractivity contribution in [3.8, 4) is 0 Å². The Kier molecular flexibility index (Phi) is 5.90. The van der Waals surface area contributed by atoms with Crippen molar-refractivity contribution in [1.82, 2.24) is 20.8 Å². The van der Waals surface area contributed by atoms with E-state index < -0.39 is 17.6 Å². The molecule has 8 heteroatoms. The summed E-state index contributed by atoms with van der Waals surface area (Å²) >= 11 is 0. The first-order valence-corrected chi connectivity index (χ1v) is 6.39. The lowest BCUT2D eigenvalue weighted by atomic mass is 10.1. The van der Waals surface area contributed by atoms with Crippen LogP contribution in [0.1, 0.15) is 38.5 Å². The first-order chi connectivity index (χ1) is 9.38. The van der Waals surface area contributed by atoms with E-state index in [4.69, 9.17) is 14.4 Å². The third-order valence-corrected chi connectivity index (χ3v) is 2.58. The van der Waals surface area contributed by atoms with Gasteiger partial charge in [-0.3, -0.25) is 0 Å². The predicted octanol–water partition coefficient (Wildman–Crippen LogP) is 0.390. The normalized spacial score (nSPS) is 13.1. The maximum absolute atomic E-state index is 11.7. The lowest BCUT2D eigenvalue weighted by Gasteiger charge is -2.24. The monoisotopic (exact) mass is 286 g/mol. The SMILES string of the molecule is COCCc1noc([C@@H](C)NC(=O)NC(C)(C)CO)n1. The van der Waals surface area contributed by atoms with Crippen molar-refractivity contribution in [2.45, 2.75) is 38.8 Å². The fraction of sp³-hybridized carbons (Fsp3) is 0.750. The van der Waals surface area contributed by atoms with Gasteiger partial charge in [0.05, 0.1) is 18.8 Å². The summed E-state index contributed by atoms with van der Waals surface area (Å²) in [7, 11) is 1.60. The van der Waals surface area contributed by atoms with Gasteiger partial charge in [0, 0.05) is 13.5 Å². The Morgan fingerprint density at radius 2 is 2.25 bits per heavy atom. The molecule has 8 nitrogen and oxygen atoms in total. The maximum Gasteiger partial charge on any atom is 0.315 e. The highest BCUT2D eigenvalue weighted by molar-refractivity contribution is 5.75. The molecule has 0 saturated heterocycles. The fourth-order valence-corrected chi connectivity index (χ4v) is 1.38. The van der Waals surface area contributed by atoms with Gasteiger partial charge in [-0.1, -0.05) is 5.16 Å². The Morgan fingerprint density at radius 3 is 2.85 bits per heavy atom. The Labute approximate surface area is 117 Å². The molecule has 0 unspecified atom stereocenters. The summed E-state index contributed by atoms with van der Waals surface area (Å²) in [6.45, 7) is 5.52. The molecule has 0 radical (unpaired) electrons. The number of carbonyl (C=O) groups excluding carboxylic acids is 1. The Hall–Kier alpha value is -1.67. The topological polar surface area (TPSA) is 110 Å². The molecule has 1 aromatic rings. The molecule has 2 amide bonds. The number of methoxy groups -OCH3 is 1. The standard InChI is InChI=1S/C12H22N4O4/c1-8(13-11(18)15-12(2,3)7-17)10-14-9(16-20-10)5-6-19-4/h8,17H,5-7H2,1-4H3,(H2,13,15,18)/t8-/m1/s1. The second kappa shape index (κ2) is 7.20. The van der Waals surface area contributed by atoms with E-state index in [0.717, 1.165) is 0 Å². The van der Waals surface area contributed by atoms with Gasteiger partial charge < -0.3 is 25.0 Å². The fourth-order valence-electron chi connectivity index (χ4n) is 1.38. The highest BCUT2D eigenvalue weighted by atomic mass is 16.5. The van der Waals surface area contributed by atoms with Crippen molar-refractivity contribution in [2.75, 3.05) is 20.3 Å². The van der Waals surface area contributed by atoms with Crippen molar-refractivity contribution in [1.29, 1.82) is 0 Å². The largest absolute Gasteiger partial charge is 0.394 e. The number of urea groups is 1. The van der Waals surface area contributed by atoms with E-state index in [0.29, 0.717) is 24.7 Å². The molecular formula is C12H22N4O4. The van der Waals surface area contributed by atoms with Gasteiger partial charge in [-0.05, 0) is 20.8 Å². The molecule has 0 aliphatic rings. The highest BCUT2D eigenvalue weighted by Crippen LogP contribution is 2.10. The zero-order chi connectivity index (χ0) is 15.2. The van der Waals surface area contributed by atoms with Gasteiger partial charge in [-0.25, -0.2) is 4.79 Å². The summed E-state index contributed by atoms with van der Waals surface area (Å²) in [5.74, 6) is 0.861. The molecule has 1 rings (SSSR count). The summed E-state index contributed by atoms with van der Waals surface area (Å²) in [5.41, 5.74) is -0.692. The molecular weight excluding hydrogens is 264 g/mol. The summed E-state index contributed by atoms with van der Waals surface area (Å²) in [6.07, 6.45) is 0.552. The van der Waals surface area contributed by atoms with Gasteiger partial charge in [0.1, 0.15) is 6.04 Å². The van der Waals surface area contributed by atoms with Crippen LogP contribution in [0.15, 0.2) is 4.52 Å². The lowest BCUT2D eigenvalue weighted by Crippen LogP contribution is -2.50. The number of nitrogens with one attached hydrogen (secondary N) is 2. The van der Waals surface area contributed by atoms with Crippen LogP contribution in [0.2, 0.25) is 0 Å². The second-order valence-electron chi connectivity index (χ2n) is 5.15. The molecule has 1 aromatic heterocycles. The summed E-state index contributed by atoms with van der Waals surface area (Å²) in [4.78, 5) is 15.9. The van der Waals surface area contributed by atoms with Crippen LogP contribution < -0.4 is 10.6 Å². The molecule has 0 spiro atoms. The Balaban J connectivity index is 2.51. The van der Waals surface area contributed by atoms with Crippen molar-refractivity contribution in [3.05, 3.63) is 11.7 Å². The van der Waals surface area contributed by atoms with Gasteiger partial charge in [-0.2, -0.15) is 4.98 Å². The van der Waals surface area contributed by atoms with E-state index in [1.54, 1.807) is 27.9 Å². The number of carbonyl (C=O) groups is 1.